The van der Waals surface area contributed by atoms with Gasteiger partial charge in [-0.25, -0.2) is 13.9 Å². The van der Waals surface area contributed by atoms with E-state index in [1.807, 2.05) is 42.5 Å². The predicted molar refractivity (Wildman–Crippen MR) is 120 cm³/mol. The number of aromatic hydroxyl groups is 1. The quantitative estimate of drug-likeness (QED) is 0.472. The molecule has 2 aromatic carbocycles. The number of phenols is 1. The highest BCUT2D eigenvalue weighted by atomic mass is 19.1. The van der Waals surface area contributed by atoms with Crippen molar-refractivity contribution in [1.29, 1.82) is 0 Å². The zero-order valence-corrected chi connectivity index (χ0v) is 17.7. The van der Waals surface area contributed by atoms with Gasteiger partial charge in [0.2, 0.25) is 0 Å². The number of phenolic OH excluding ortho intramolecular Hbond substituents is 1. The fourth-order valence-corrected chi connectivity index (χ4v) is 4.09. The minimum Gasteiger partial charge on any atom is -0.505 e. The maximum absolute atomic E-state index is 13.8. The molecule has 5 rings (SSSR count). The molecule has 32 heavy (non-hydrogen) atoms. The van der Waals surface area contributed by atoms with E-state index in [1.54, 1.807) is 10.6 Å². The summed E-state index contributed by atoms with van der Waals surface area (Å²) >= 11 is 0. The first-order valence-electron chi connectivity index (χ1n) is 10.9. The number of ether oxygens (including phenoxy) is 1. The second-order valence-electron chi connectivity index (χ2n) is 8.09. The van der Waals surface area contributed by atoms with Gasteiger partial charge in [0.1, 0.15) is 12.4 Å². The third-order valence-corrected chi connectivity index (χ3v) is 5.81. The maximum Gasteiger partial charge on any atom is 0.165 e. The first kappa shape index (κ1) is 20.5. The molecule has 4 aromatic rings. The van der Waals surface area contributed by atoms with E-state index in [1.165, 1.54) is 38.1 Å². The van der Waals surface area contributed by atoms with Gasteiger partial charge in [0.15, 0.2) is 23.0 Å². The van der Waals surface area contributed by atoms with E-state index in [9.17, 15) is 9.50 Å². The lowest BCUT2D eigenvalue weighted by molar-refractivity contribution is 0.238. The lowest BCUT2D eigenvalue weighted by Crippen LogP contribution is -2.25. The Morgan fingerprint density at radius 2 is 1.81 bits per heavy atom. The standard InChI is InChI=1S/C25H25FN4O2/c26-21-17-19(8-11-23(21)31)22-4-3-5-25-27-24(28-30(22)25)16-18-6-9-20(10-7-18)32-15-14-29-12-1-2-13-29/h3-11,17,31H,1-2,12-16H2. The summed E-state index contributed by atoms with van der Waals surface area (Å²) in [6.07, 6.45) is 3.16. The Balaban J connectivity index is 1.28. The number of hydrogen-bond acceptors (Lipinski definition) is 5. The Morgan fingerprint density at radius 1 is 1.00 bits per heavy atom. The van der Waals surface area contributed by atoms with E-state index >= 15 is 0 Å². The highest BCUT2D eigenvalue weighted by molar-refractivity contribution is 5.64. The highest BCUT2D eigenvalue weighted by Gasteiger charge is 2.12. The Labute approximate surface area is 185 Å². The fourth-order valence-electron chi connectivity index (χ4n) is 4.09. The Morgan fingerprint density at radius 3 is 2.59 bits per heavy atom. The van der Waals surface area contributed by atoms with Crippen LogP contribution in [0.15, 0.2) is 60.7 Å². The van der Waals surface area contributed by atoms with Gasteiger partial charge in [-0.15, -0.1) is 0 Å². The summed E-state index contributed by atoms with van der Waals surface area (Å²) in [5, 5.41) is 14.1. The van der Waals surface area contributed by atoms with Gasteiger partial charge < -0.3 is 9.84 Å². The summed E-state index contributed by atoms with van der Waals surface area (Å²) in [4.78, 5) is 7.06. The molecule has 0 atom stereocenters. The van der Waals surface area contributed by atoms with Crippen molar-refractivity contribution in [2.75, 3.05) is 26.2 Å². The van der Waals surface area contributed by atoms with E-state index in [4.69, 9.17) is 4.74 Å². The van der Waals surface area contributed by atoms with E-state index in [0.29, 0.717) is 35.8 Å². The molecule has 0 spiro atoms. The van der Waals surface area contributed by atoms with E-state index in [-0.39, 0.29) is 5.75 Å². The first-order valence-corrected chi connectivity index (χ1v) is 10.9. The average molecular weight is 432 g/mol. The highest BCUT2D eigenvalue weighted by Crippen LogP contribution is 2.25. The monoisotopic (exact) mass is 432 g/mol. The van der Waals surface area contributed by atoms with Crippen LogP contribution < -0.4 is 4.74 Å². The number of aromatic nitrogens is 3. The van der Waals surface area contributed by atoms with Gasteiger partial charge in [0.25, 0.3) is 0 Å². The van der Waals surface area contributed by atoms with Crippen molar-refractivity contribution in [2.45, 2.75) is 19.3 Å². The van der Waals surface area contributed by atoms with Crippen LogP contribution in [-0.2, 0) is 6.42 Å². The summed E-state index contributed by atoms with van der Waals surface area (Å²) in [6, 6.07) is 17.9. The lowest BCUT2D eigenvalue weighted by atomic mass is 10.1. The van der Waals surface area contributed by atoms with Gasteiger partial charge in [-0.3, -0.25) is 4.90 Å². The number of nitrogens with zero attached hydrogens (tertiary/aromatic N) is 4. The molecule has 164 valence electrons. The van der Waals surface area contributed by atoms with Crippen molar-refractivity contribution in [1.82, 2.24) is 19.5 Å². The summed E-state index contributed by atoms with van der Waals surface area (Å²) in [5.41, 5.74) is 3.11. The molecule has 1 fully saturated rings. The first-order chi connectivity index (χ1) is 15.7. The molecule has 6 nitrogen and oxygen atoms in total. The summed E-state index contributed by atoms with van der Waals surface area (Å²) < 4.78 is 21.4. The van der Waals surface area contributed by atoms with Gasteiger partial charge in [-0.1, -0.05) is 18.2 Å². The average Bonchev–Trinajstić information content (AvgIpc) is 3.46. The van der Waals surface area contributed by atoms with E-state index in [0.717, 1.165) is 17.9 Å². The maximum atomic E-state index is 13.8. The van der Waals surface area contributed by atoms with Crippen molar-refractivity contribution < 1.29 is 14.2 Å². The number of hydrogen-bond donors (Lipinski definition) is 1. The summed E-state index contributed by atoms with van der Waals surface area (Å²) in [7, 11) is 0. The van der Waals surface area contributed by atoms with Gasteiger partial charge in [-0.05, 0) is 74.0 Å². The number of pyridine rings is 1. The van der Waals surface area contributed by atoms with Crippen LogP contribution in [0.4, 0.5) is 4.39 Å². The van der Waals surface area contributed by atoms with Crippen LogP contribution in [-0.4, -0.2) is 50.8 Å². The SMILES string of the molecule is Oc1ccc(-c2cccc3nc(Cc4ccc(OCCN5CCCC5)cc4)nn23)cc1F. The van der Waals surface area contributed by atoms with Crippen LogP contribution in [0.3, 0.4) is 0 Å². The van der Waals surface area contributed by atoms with Crippen molar-refractivity contribution >= 4 is 5.65 Å². The molecule has 0 radical (unpaired) electrons. The van der Waals surface area contributed by atoms with Crippen molar-refractivity contribution in [3.05, 3.63) is 77.9 Å². The van der Waals surface area contributed by atoms with Crippen LogP contribution in [0.1, 0.15) is 24.2 Å². The third-order valence-electron chi connectivity index (χ3n) is 5.81. The van der Waals surface area contributed by atoms with Crippen LogP contribution >= 0.6 is 0 Å². The topological polar surface area (TPSA) is 62.9 Å². The molecular formula is C25H25FN4O2. The number of benzene rings is 2. The van der Waals surface area contributed by atoms with Crippen LogP contribution in [0, 0.1) is 5.82 Å². The van der Waals surface area contributed by atoms with Crippen molar-refractivity contribution in [3.8, 4) is 22.8 Å². The smallest absolute Gasteiger partial charge is 0.165 e. The molecule has 0 saturated carbocycles. The molecule has 0 bridgehead atoms. The minimum atomic E-state index is -0.664. The minimum absolute atomic E-state index is 0.372. The number of fused-ring (bicyclic) bond motifs is 1. The summed E-state index contributed by atoms with van der Waals surface area (Å²) in [6.45, 7) is 4.03. The summed E-state index contributed by atoms with van der Waals surface area (Å²) in [5.74, 6) is 0.512. The van der Waals surface area contributed by atoms with Crippen molar-refractivity contribution in [3.63, 3.8) is 0 Å². The molecule has 7 heteroatoms. The predicted octanol–water partition coefficient (Wildman–Crippen LogP) is 4.31. The molecule has 1 N–H and O–H groups in total. The van der Waals surface area contributed by atoms with Crippen LogP contribution in [0.5, 0.6) is 11.5 Å². The van der Waals surface area contributed by atoms with Crippen molar-refractivity contribution in [2.24, 2.45) is 0 Å². The van der Waals surface area contributed by atoms with E-state index in [2.05, 4.69) is 15.0 Å². The van der Waals surface area contributed by atoms with Gasteiger partial charge in [0, 0.05) is 18.5 Å². The Hall–Kier alpha value is -3.45. The Bertz CT molecular complexity index is 1220. The zero-order valence-electron chi connectivity index (χ0n) is 17.7. The normalized spacial score (nSPS) is 14.3. The largest absolute Gasteiger partial charge is 0.505 e. The molecule has 1 aliphatic heterocycles. The molecule has 1 aliphatic rings. The molecular weight excluding hydrogens is 407 g/mol. The molecule has 3 heterocycles. The van der Waals surface area contributed by atoms with Crippen LogP contribution in [0.2, 0.25) is 0 Å². The lowest BCUT2D eigenvalue weighted by Gasteiger charge is -2.14. The number of halogens is 1. The third kappa shape index (κ3) is 4.43. The second kappa shape index (κ2) is 8.96. The van der Waals surface area contributed by atoms with Crippen LogP contribution in [0.25, 0.3) is 16.9 Å². The van der Waals surface area contributed by atoms with Gasteiger partial charge in [-0.2, -0.15) is 5.10 Å². The molecule has 0 aliphatic carbocycles. The molecule has 0 unspecified atom stereocenters. The molecule has 1 saturated heterocycles. The number of likely N-dealkylation sites (tertiary alicyclic amines) is 1. The Kier molecular flexibility index (Phi) is 5.73. The fraction of sp³-hybridized carbons (Fsp3) is 0.280. The van der Waals surface area contributed by atoms with E-state index < -0.39 is 5.82 Å². The zero-order chi connectivity index (χ0) is 21.9. The number of rotatable bonds is 7. The molecule has 0 amide bonds. The second-order valence-corrected chi connectivity index (χ2v) is 8.09. The molecule has 2 aromatic heterocycles. The van der Waals surface area contributed by atoms with Gasteiger partial charge in [0.05, 0.1) is 5.69 Å². The van der Waals surface area contributed by atoms with Gasteiger partial charge >= 0.3 is 0 Å².